The normalized spacial score (nSPS) is 17.2. The number of alkyl halides is 6. The van der Waals surface area contributed by atoms with Crippen LogP contribution in [0.1, 0.15) is 23.1 Å². The van der Waals surface area contributed by atoms with Crippen LogP contribution >= 0.6 is 0 Å². The number of esters is 1. The zero-order valence-corrected chi connectivity index (χ0v) is 23.1. The summed E-state index contributed by atoms with van der Waals surface area (Å²) in [6, 6.07) is 14.4. The van der Waals surface area contributed by atoms with E-state index in [0.717, 1.165) is 29.8 Å². The Labute approximate surface area is 244 Å². The fourth-order valence-corrected chi connectivity index (χ4v) is 5.10. The topological polar surface area (TPSA) is 91.9 Å². The van der Waals surface area contributed by atoms with Crippen LogP contribution in [0.4, 0.5) is 26.3 Å². The average molecular weight is 611 g/mol. The van der Waals surface area contributed by atoms with Crippen LogP contribution in [-0.4, -0.2) is 77.0 Å². The molecule has 0 amide bonds. The Bertz CT molecular complexity index is 1320. The number of aliphatic hydroxyl groups is 1. The Kier molecular flexibility index (Phi) is 10.1. The van der Waals surface area contributed by atoms with E-state index in [2.05, 4.69) is 14.8 Å². The van der Waals surface area contributed by atoms with E-state index in [1.54, 1.807) is 24.5 Å². The first-order chi connectivity index (χ1) is 20.3. The number of hydrogen-bond acceptors (Lipinski definition) is 7. The summed E-state index contributed by atoms with van der Waals surface area (Å²) in [6.45, 7) is 3.68. The quantitative estimate of drug-likeness (QED) is 0.255. The smallest absolute Gasteiger partial charge is 0.430 e. The summed E-state index contributed by atoms with van der Waals surface area (Å²) in [5, 5.41) is 9.61. The lowest BCUT2D eigenvalue weighted by Crippen LogP contribution is -2.53. The van der Waals surface area contributed by atoms with Gasteiger partial charge in [0, 0.05) is 63.3 Å². The zero-order chi connectivity index (χ0) is 31.3. The molecule has 3 N–H and O–H groups in total. The van der Waals surface area contributed by atoms with Crippen molar-refractivity contribution in [2.24, 2.45) is 5.73 Å². The predicted octanol–water partition coefficient (Wildman–Crippen LogP) is 4.64. The van der Waals surface area contributed by atoms with E-state index in [-0.39, 0.29) is 31.6 Å². The Balaban J connectivity index is 1.43. The van der Waals surface area contributed by atoms with Gasteiger partial charge in [-0.1, -0.05) is 48.5 Å². The van der Waals surface area contributed by atoms with Crippen LogP contribution in [0.25, 0.3) is 11.1 Å². The highest BCUT2D eigenvalue weighted by molar-refractivity contribution is 5.70. The number of nitrogens with two attached hydrogens (primary N) is 1. The molecule has 0 bridgehead atoms. The molecule has 1 fully saturated rings. The van der Waals surface area contributed by atoms with Crippen LogP contribution < -0.4 is 5.73 Å². The van der Waals surface area contributed by atoms with E-state index >= 15 is 0 Å². The molecule has 0 radical (unpaired) electrons. The van der Waals surface area contributed by atoms with Crippen LogP contribution in [0.15, 0.2) is 73.1 Å². The van der Waals surface area contributed by atoms with E-state index in [1.165, 1.54) is 0 Å². The van der Waals surface area contributed by atoms with Crippen molar-refractivity contribution >= 4 is 5.97 Å². The number of carbonyl (C=O) groups excluding carboxylic acids is 1. The lowest BCUT2D eigenvalue weighted by Gasteiger charge is -2.41. The van der Waals surface area contributed by atoms with Crippen molar-refractivity contribution in [3.63, 3.8) is 0 Å². The van der Waals surface area contributed by atoms with Gasteiger partial charge < -0.3 is 15.6 Å². The van der Waals surface area contributed by atoms with Crippen molar-refractivity contribution in [3.8, 4) is 11.1 Å². The van der Waals surface area contributed by atoms with E-state index in [9.17, 15) is 36.2 Å². The molecular weight excluding hydrogens is 578 g/mol. The molecule has 2 heterocycles. The summed E-state index contributed by atoms with van der Waals surface area (Å²) in [7, 11) is 0. The van der Waals surface area contributed by atoms with Crippen molar-refractivity contribution in [1.82, 2.24) is 14.8 Å². The third-order valence-electron chi connectivity index (χ3n) is 7.42. The molecule has 4 rings (SSSR count). The van der Waals surface area contributed by atoms with Gasteiger partial charge in [-0.05, 0) is 34.4 Å². The summed E-state index contributed by atoms with van der Waals surface area (Å²) in [5.74, 6) is -0.323. The predicted molar refractivity (Wildman–Crippen MR) is 146 cm³/mol. The Morgan fingerprint density at radius 1 is 0.860 bits per heavy atom. The van der Waals surface area contributed by atoms with Crippen LogP contribution in [0.3, 0.4) is 0 Å². The second-order valence-electron chi connectivity index (χ2n) is 10.4. The minimum absolute atomic E-state index is 0.1000. The second-order valence-corrected chi connectivity index (χ2v) is 10.4. The minimum Gasteiger partial charge on any atom is -0.464 e. The van der Waals surface area contributed by atoms with Gasteiger partial charge in [0.25, 0.3) is 5.60 Å². The first-order valence-electron chi connectivity index (χ1n) is 13.6. The fraction of sp³-hybridized carbons (Fsp3) is 0.400. The molecule has 7 nitrogen and oxygen atoms in total. The molecule has 43 heavy (non-hydrogen) atoms. The minimum atomic E-state index is -5.94. The van der Waals surface area contributed by atoms with Gasteiger partial charge in [-0.2, -0.15) is 26.3 Å². The maximum absolute atomic E-state index is 13.2. The number of piperazine rings is 1. The highest BCUT2D eigenvalue weighted by atomic mass is 19.4. The molecule has 1 aliphatic rings. The first kappa shape index (κ1) is 32.4. The maximum Gasteiger partial charge on any atom is 0.430 e. The fourth-order valence-electron chi connectivity index (χ4n) is 5.10. The van der Waals surface area contributed by atoms with Gasteiger partial charge in [-0.3, -0.25) is 19.6 Å². The average Bonchev–Trinajstić information content (AvgIpc) is 2.97. The van der Waals surface area contributed by atoms with Gasteiger partial charge in [0.2, 0.25) is 0 Å². The van der Waals surface area contributed by atoms with Crippen molar-refractivity contribution in [3.05, 3.63) is 89.7 Å². The van der Waals surface area contributed by atoms with Crippen LogP contribution in [0.2, 0.25) is 0 Å². The number of pyridine rings is 1. The highest BCUT2D eigenvalue weighted by Gasteiger charge is 2.71. The number of rotatable bonds is 10. The standard InChI is InChI=1S/C30H32F6N4O3/c31-29(32,33)28(42,30(34,35)36)25-7-5-24(6-8-25)23-3-1-21(2-4-23)18-39-14-15-40(19-22-9-12-38-13-10-22)26(20-39)17-27(41)43-16-11-37/h1-10,12-13,26,42H,11,14-20,37H2. The maximum atomic E-state index is 13.2. The molecule has 1 aromatic heterocycles. The molecule has 13 heteroatoms. The first-order valence-corrected chi connectivity index (χ1v) is 13.6. The van der Waals surface area contributed by atoms with Crippen LogP contribution in [0, 0.1) is 0 Å². The Morgan fingerprint density at radius 2 is 1.42 bits per heavy atom. The molecule has 1 atom stereocenters. The van der Waals surface area contributed by atoms with Gasteiger partial charge in [0.05, 0.1) is 6.42 Å². The van der Waals surface area contributed by atoms with Gasteiger partial charge in [-0.25, -0.2) is 0 Å². The number of halogens is 6. The van der Waals surface area contributed by atoms with Gasteiger partial charge in [0.15, 0.2) is 0 Å². The number of aromatic nitrogens is 1. The lowest BCUT2D eigenvalue weighted by atomic mass is 9.90. The summed E-state index contributed by atoms with van der Waals surface area (Å²) in [6.07, 6.45) is -8.24. The van der Waals surface area contributed by atoms with E-state index in [1.807, 2.05) is 24.3 Å². The van der Waals surface area contributed by atoms with E-state index in [4.69, 9.17) is 10.5 Å². The molecule has 232 valence electrons. The van der Waals surface area contributed by atoms with Crippen molar-refractivity contribution in [2.45, 2.75) is 43.5 Å². The van der Waals surface area contributed by atoms with E-state index < -0.39 is 23.5 Å². The van der Waals surface area contributed by atoms with Crippen molar-refractivity contribution < 1.29 is 41.0 Å². The number of nitrogens with zero attached hydrogens (tertiary/aromatic N) is 3. The summed E-state index contributed by atoms with van der Waals surface area (Å²) in [5.41, 5.74) is 2.17. The Morgan fingerprint density at radius 3 is 1.98 bits per heavy atom. The van der Waals surface area contributed by atoms with Crippen LogP contribution in [-0.2, 0) is 28.2 Å². The SMILES string of the molecule is NCCOC(=O)CC1CN(Cc2ccc(-c3ccc(C(O)(C(F)(F)F)C(F)(F)F)cc3)cc2)CCN1Cc1ccncc1. The molecule has 0 spiro atoms. The molecule has 0 saturated carbocycles. The molecular formula is C30H32F6N4O3. The summed E-state index contributed by atoms with van der Waals surface area (Å²) < 4.78 is 84.4. The molecule has 0 aliphatic carbocycles. The summed E-state index contributed by atoms with van der Waals surface area (Å²) >= 11 is 0. The number of ether oxygens (including phenoxy) is 1. The second kappa shape index (κ2) is 13.4. The van der Waals surface area contributed by atoms with Gasteiger partial charge >= 0.3 is 18.3 Å². The Hall–Kier alpha value is -3.52. The number of carbonyl (C=O) groups is 1. The highest BCUT2D eigenvalue weighted by Crippen LogP contribution is 2.50. The van der Waals surface area contributed by atoms with Crippen molar-refractivity contribution in [1.29, 1.82) is 0 Å². The molecule has 1 unspecified atom stereocenters. The molecule has 3 aromatic rings. The number of benzene rings is 2. The molecule has 2 aromatic carbocycles. The van der Waals surface area contributed by atoms with Gasteiger partial charge in [-0.15, -0.1) is 0 Å². The van der Waals surface area contributed by atoms with E-state index in [0.29, 0.717) is 49.4 Å². The number of hydrogen-bond donors (Lipinski definition) is 2. The largest absolute Gasteiger partial charge is 0.464 e. The monoisotopic (exact) mass is 610 g/mol. The lowest BCUT2D eigenvalue weighted by molar-refractivity contribution is -0.376. The molecule has 1 aliphatic heterocycles. The van der Waals surface area contributed by atoms with Gasteiger partial charge in [0.1, 0.15) is 6.61 Å². The zero-order valence-electron chi connectivity index (χ0n) is 23.1. The van der Waals surface area contributed by atoms with Crippen molar-refractivity contribution in [2.75, 3.05) is 32.8 Å². The third kappa shape index (κ3) is 7.71. The third-order valence-corrected chi connectivity index (χ3v) is 7.42. The summed E-state index contributed by atoms with van der Waals surface area (Å²) in [4.78, 5) is 20.9. The van der Waals surface area contributed by atoms with Crippen LogP contribution in [0.5, 0.6) is 0 Å². The molecule has 1 saturated heterocycles.